The summed E-state index contributed by atoms with van der Waals surface area (Å²) < 4.78 is 18.2. The van der Waals surface area contributed by atoms with Crippen molar-refractivity contribution >= 4 is 6.29 Å². The Hall–Kier alpha value is -2.01. The van der Waals surface area contributed by atoms with E-state index in [1.54, 1.807) is 6.07 Å². The van der Waals surface area contributed by atoms with Gasteiger partial charge in [0, 0.05) is 12.3 Å². The highest BCUT2D eigenvalue weighted by molar-refractivity contribution is 5.58. The molecule has 0 radical (unpaired) electrons. The molecule has 2 heterocycles. The third kappa shape index (κ3) is 4.59. The fourth-order valence-corrected chi connectivity index (χ4v) is 1.94. The molecular weight excluding hydrogens is 259 g/mol. The first-order chi connectivity index (χ1) is 9.78. The van der Waals surface area contributed by atoms with E-state index in [0.29, 0.717) is 18.8 Å². The van der Waals surface area contributed by atoms with E-state index in [-0.39, 0.29) is 6.04 Å². The van der Waals surface area contributed by atoms with Gasteiger partial charge in [0.15, 0.2) is 0 Å². The van der Waals surface area contributed by atoms with Crippen molar-refractivity contribution in [3.8, 4) is 5.75 Å². The standard InChI is InChI=1S/C15H17FN2O2/c16-15-10-14(6-8-18-15)20-9-1-2-12-3-4-13(11-19)17-7-5-12/h1-3,6,8,10-11,13,17H,4-5,7,9H2/b2-1+. The second-order valence-electron chi connectivity index (χ2n) is 4.49. The molecule has 0 amide bonds. The molecule has 5 heteroatoms. The van der Waals surface area contributed by atoms with E-state index in [4.69, 9.17) is 4.74 Å². The maximum absolute atomic E-state index is 12.8. The lowest BCUT2D eigenvalue weighted by Gasteiger charge is -2.04. The Morgan fingerprint density at radius 2 is 2.45 bits per heavy atom. The van der Waals surface area contributed by atoms with E-state index in [9.17, 15) is 9.18 Å². The van der Waals surface area contributed by atoms with Gasteiger partial charge >= 0.3 is 0 Å². The van der Waals surface area contributed by atoms with Gasteiger partial charge in [-0.25, -0.2) is 4.98 Å². The summed E-state index contributed by atoms with van der Waals surface area (Å²) in [7, 11) is 0. The molecule has 1 N–H and O–H groups in total. The molecule has 0 bridgehead atoms. The zero-order chi connectivity index (χ0) is 14.2. The van der Waals surface area contributed by atoms with Crippen LogP contribution in [0.25, 0.3) is 0 Å². The van der Waals surface area contributed by atoms with Crippen LogP contribution in [0.15, 0.2) is 42.1 Å². The minimum Gasteiger partial charge on any atom is -0.489 e. The van der Waals surface area contributed by atoms with Crippen molar-refractivity contribution in [2.75, 3.05) is 13.2 Å². The number of carbonyl (C=O) groups excluding carboxylic acids is 1. The van der Waals surface area contributed by atoms with E-state index in [1.165, 1.54) is 17.8 Å². The van der Waals surface area contributed by atoms with Crippen molar-refractivity contribution < 1.29 is 13.9 Å². The second kappa shape index (κ2) is 7.55. The van der Waals surface area contributed by atoms with Crippen molar-refractivity contribution in [3.63, 3.8) is 0 Å². The number of aldehydes is 1. The summed E-state index contributed by atoms with van der Waals surface area (Å²) in [5.74, 6) is -0.0939. The number of rotatable bonds is 5. The molecule has 0 saturated carbocycles. The van der Waals surface area contributed by atoms with Crippen LogP contribution >= 0.6 is 0 Å². The van der Waals surface area contributed by atoms with Gasteiger partial charge in [-0.1, -0.05) is 17.7 Å². The van der Waals surface area contributed by atoms with E-state index >= 15 is 0 Å². The monoisotopic (exact) mass is 276 g/mol. The molecule has 1 aromatic heterocycles. The van der Waals surface area contributed by atoms with Gasteiger partial charge in [-0.3, -0.25) is 0 Å². The molecule has 20 heavy (non-hydrogen) atoms. The summed E-state index contributed by atoms with van der Waals surface area (Å²) in [6, 6.07) is 2.77. The normalized spacial score (nSPS) is 19.4. The quantitative estimate of drug-likeness (QED) is 0.660. The van der Waals surface area contributed by atoms with Crippen LogP contribution in [0.3, 0.4) is 0 Å². The Morgan fingerprint density at radius 3 is 3.25 bits per heavy atom. The number of aromatic nitrogens is 1. The number of carbonyl (C=O) groups is 1. The molecule has 1 atom stereocenters. The molecule has 0 spiro atoms. The first-order valence-electron chi connectivity index (χ1n) is 6.56. The first kappa shape index (κ1) is 14.4. The lowest BCUT2D eigenvalue weighted by molar-refractivity contribution is -0.109. The average Bonchev–Trinajstić information content (AvgIpc) is 2.69. The molecule has 1 aliphatic rings. The van der Waals surface area contributed by atoms with Gasteiger partial charge in [-0.15, -0.1) is 0 Å². The number of allylic oxidation sites excluding steroid dienone is 1. The summed E-state index contributed by atoms with van der Waals surface area (Å²) >= 11 is 0. The second-order valence-corrected chi connectivity index (χ2v) is 4.49. The predicted octanol–water partition coefficient (Wildman–Crippen LogP) is 2.03. The summed E-state index contributed by atoms with van der Waals surface area (Å²) in [5, 5.41) is 3.15. The van der Waals surface area contributed by atoms with Gasteiger partial charge in [0.2, 0.25) is 5.95 Å². The lowest BCUT2D eigenvalue weighted by Crippen LogP contribution is -2.29. The predicted molar refractivity (Wildman–Crippen MR) is 74.0 cm³/mol. The molecule has 1 unspecified atom stereocenters. The van der Waals surface area contributed by atoms with E-state index in [0.717, 1.165) is 19.3 Å². The summed E-state index contributed by atoms with van der Waals surface area (Å²) in [5.41, 5.74) is 1.17. The molecular formula is C15H17FN2O2. The van der Waals surface area contributed by atoms with E-state index in [1.807, 2.05) is 12.2 Å². The van der Waals surface area contributed by atoms with Crippen molar-refractivity contribution in [2.45, 2.75) is 18.9 Å². The van der Waals surface area contributed by atoms with Crippen LogP contribution in [0.2, 0.25) is 0 Å². The van der Waals surface area contributed by atoms with Crippen molar-refractivity contribution in [1.29, 1.82) is 0 Å². The smallest absolute Gasteiger partial charge is 0.216 e. The number of pyridine rings is 1. The van der Waals surface area contributed by atoms with Gasteiger partial charge in [-0.2, -0.15) is 4.39 Å². The molecule has 1 aliphatic heterocycles. The topological polar surface area (TPSA) is 51.2 Å². The Labute approximate surface area is 117 Å². The highest BCUT2D eigenvalue weighted by Crippen LogP contribution is 2.11. The SMILES string of the molecule is O=CC1CC=C(/C=C/COc2ccnc(F)c2)CCN1. The maximum atomic E-state index is 12.8. The average molecular weight is 276 g/mol. The summed E-state index contributed by atoms with van der Waals surface area (Å²) in [4.78, 5) is 14.2. The molecule has 0 aliphatic carbocycles. The maximum Gasteiger partial charge on any atom is 0.216 e. The molecule has 2 rings (SSSR count). The molecule has 0 fully saturated rings. The van der Waals surface area contributed by atoms with Crippen LogP contribution in [0, 0.1) is 5.95 Å². The van der Waals surface area contributed by atoms with E-state index < -0.39 is 5.95 Å². The number of nitrogens with zero attached hydrogens (tertiary/aromatic N) is 1. The fourth-order valence-electron chi connectivity index (χ4n) is 1.94. The number of ether oxygens (including phenoxy) is 1. The Kier molecular flexibility index (Phi) is 5.43. The summed E-state index contributed by atoms with van der Waals surface area (Å²) in [6.45, 7) is 1.15. The zero-order valence-electron chi connectivity index (χ0n) is 11.1. The molecule has 0 saturated heterocycles. The highest BCUT2D eigenvalue weighted by atomic mass is 19.1. The molecule has 4 nitrogen and oxygen atoms in total. The number of hydrogen-bond donors (Lipinski definition) is 1. The van der Waals surface area contributed by atoms with Crippen LogP contribution in [-0.2, 0) is 4.79 Å². The first-order valence-corrected chi connectivity index (χ1v) is 6.56. The van der Waals surface area contributed by atoms with Crippen LogP contribution < -0.4 is 10.1 Å². The Morgan fingerprint density at radius 1 is 1.55 bits per heavy atom. The van der Waals surface area contributed by atoms with Gasteiger partial charge < -0.3 is 14.8 Å². The van der Waals surface area contributed by atoms with Crippen LogP contribution in [0.5, 0.6) is 5.75 Å². The van der Waals surface area contributed by atoms with Crippen molar-refractivity contribution in [1.82, 2.24) is 10.3 Å². The van der Waals surface area contributed by atoms with Gasteiger partial charge in [-0.05, 0) is 31.5 Å². The molecule has 0 aromatic carbocycles. The summed E-state index contributed by atoms with van der Waals surface area (Å²) in [6.07, 6.45) is 9.81. The largest absolute Gasteiger partial charge is 0.489 e. The van der Waals surface area contributed by atoms with Gasteiger partial charge in [0.25, 0.3) is 0 Å². The van der Waals surface area contributed by atoms with Crippen LogP contribution in [0.1, 0.15) is 12.8 Å². The van der Waals surface area contributed by atoms with Crippen molar-refractivity contribution in [2.24, 2.45) is 0 Å². The van der Waals surface area contributed by atoms with Crippen LogP contribution in [-0.4, -0.2) is 30.5 Å². The number of nitrogens with one attached hydrogen (secondary N) is 1. The lowest BCUT2D eigenvalue weighted by atomic mass is 10.1. The minimum atomic E-state index is -0.552. The number of hydrogen-bond acceptors (Lipinski definition) is 4. The van der Waals surface area contributed by atoms with Crippen LogP contribution in [0.4, 0.5) is 4.39 Å². The van der Waals surface area contributed by atoms with Crippen molar-refractivity contribution in [3.05, 3.63) is 48.1 Å². The minimum absolute atomic E-state index is 0.0862. The Bertz CT molecular complexity index is 514. The third-order valence-corrected chi connectivity index (χ3v) is 2.99. The van der Waals surface area contributed by atoms with Gasteiger partial charge in [0.05, 0.1) is 6.04 Å². The van der Waals surface area contributed by atoms with Gasteiger partial charge in [0.1, 0.15) is 18.6 Å². The third-order valence-electron chi connectivity index (χ3n) is 2.99. The Balaban J connectivity index is 1.81. The van der Waals surface area contributed by atoms with E-state index in [2.05, 4.69) is 16.4 Å². The zero-order valence-corrected chi connectivity index (χ0v) is 11.1. The molecule has 106 valence electrons. The fraction of sp³-hybridized carbons (Fsp3) is 0.333. The highest BCUT2D eigenvalue weighted by Gasteiger charge is 2.08. The number of halogens is 1. The molecule has 1 aromatic rings.